The third kappa shape index (κ3) is 5.41. The summed E-state index contributed by atoms with van der Waals surface area (Å²) in [4.78, 5) is 15.0. The molecule has 1 atom stereocenters. The van der Waals surface area contributed by atoms with Crippen molar-refractivity contribution < 1.29 is 19.0 Å². The highest BCUT2D eigenvalue weighted by molar-refractivity contribution is 5.78. The van der Waals surface area contributed by atoms with Gasteiger partial charge >= 0.3 is 0 Å². The topological polar surface area (TPSA) is 60.0 Å². The van der Waals surface area contributed by atoms with E-state index in [1.54, 1.807) is 21.3 Å². The average molecular weight is 399 g/mol. The maximum absolute atomic E-state index is 12.6. The molecule has 156 valence electrons. The monoisotopic (exact) mass is 398 g/mol. The standard InChI is InChI=1S/C23H30N2O4/c1-27-19-8-6-7-18(15-19)20(25-11-4-5-12-25)16-24-23(26)14-17-9-10-21(28-2)22(13-17)29-3/h6-10,13,15,20H,4-5,11-12,14,16H2,1-3H3,(H,24,26). The first-order chi connectivity index (χ1) is 14.1. The quantitative estimate of drug-likeness (QED) is 0.703. The van der Waals surface area contributed by atoms with Crippen LogP contribution in [0.15, 0.2) is 42.5 Å². The lowest BCUT2D eigenvalue weighted by Gasteiger charge is -2.28. The Hall–Kier alpha value is -2.73. The molecule has 0 aliphatic carbocycles. The Morgan fingerprint density at radius 2 is 1.76 bits per heavy atom. The zero-order chi connectivity index (χ0) is 20.6. The summed E-state index contributed by atoms with van der Waals surface area (Å²) in [5.41, 5.74) is 2.05. The highest BCUT2D eigenvalue weighted by Gasteiger charge is 2.24. The van der Waals surface area contributed by atoms with E-state index >= 15 is 0 Å². The molecule has 3 rings (SSSR count). The molecule has 1 heterocycles. The van der Waals surface area contributed by atoms with Gasteiger partial charge in [-0.15, -0.1) is 0 Å². The van der Waals surface area contributed by atoms with Crippen LogP contribution in [0.5, 0.6) is 17.2 Å². The Kier molecular flexibility index (Phi) is 7.36. The van der Waals surface area contributed by atoms with Crippen molar-refractivity contribution >= 4 is 5.91 Å². The molecule has 29 heavy (non-hydrogen) atoms. The van der Waals surface area contributed by atoms with Gasteiger partial charge in [0, 0.05) is 6.54 Å². The number of amides is 1. The first kappa shape index (κ1) is 21.0. The van der Waals surface area contributed by atoms with Gasteiger partial charge in [0.15, 0.2) is 11.5 Å². The summed E-state index contributed by atoms with van der Waals surface area (Å²) < 4.78 is 16.0. The molecule has 6 nitrogen and oxygen atoms in total. The number of benzene rings is 2. The highest BCUT2D eigenvalue weighted by atomic mass is 16.5. The predicted molar refractivity (Wildman–Crippen MR) is 113 cm³/mol. The number of hydrogen-bond acceptors (Lipinski definition) is 5. The molecule has 1 fully saturated rings. The number of methoxy groups -OCH3 is 3. The number of nitrogens with one attached hydrogen (secondary N) is 1. The zero-order valence-corrected chi connectivity index (χ0v) is 17.4. The fourth-order valence-electron chi connectivity index (χ4n) is 3.81. The van der Waals surface area contributed by atoms with E-state index in [1.807, 2.05) is 30.3 Å². The van der Waals surface area contributed by atoms with Crippen molar-refractivity contribution in [3.63, 3.8) is 0 Å². The lowest BCUT2D eigenvalue weighted by Crippen LogP contribution is -2.37. The molecule has 0 spiro atoms. The summed E-state index contributed by atoms with van der Waals surface area (Å²) in [5, 5.41) is 3.12. The molecule has 1 N–H and O–H groups in total. The van der Waals surface area contributed by atoms with E-state index in [2.05, 4.69) is 22.3 Å². The number of hydrogen-bond donors (Lipinski definition) is 1. The zero-order valence-electron chi connectivity index (χ0n) is 17.4. The summed E-state index contributed by atoms with van der Waals surface area (Å²) in [6, 6.07) is 13.8. The molecule has 6 heteroatoms. The minimum absolute atomic E-state index is 0.00990. The minimum Gasteiger partial charge on any atom is -0.497 e. The van der Waals surface area contributed by atoms with Crippen molar-refractivity contribution in [2.45, 2.75) is 25.3 Å². The van der Waals surface area contributed by atoms with Crippen LogP contribution in [0.3, 0.4) is 0 Å². The van der Waals surface area contributed by atoms with Crippen LogP contribution < -0.4 is 19.5 Å². The summed E-state index contributed by atoms with van der Waals surface area (Å²) in [6.45, 7) is 2.67. The fraction of sp³-hybridized carbons (Fsp3) is 0.435. The molecule has 1 saturated heterocycles. The van der Waals surface area contributed by atoms with Crippen molar-refractivity contribution in [3.8, 4) is 17.2 Å². The van der Waals surface area contributed by atoms with Gasteiger partial charge in [0.05, 0.1) is 33.8 Å². The molecule has 0 saturated carbocycles. The van der Waals surface area contributed by atoms with Gasteiger partial charge in [-0.2, -0.15) is 0 Å². The smallest absolute Gasteiger partial charge is 0.224 e. The Bertz CT molecular complexity index is 818. The molecule has 1 aliphatic rings. The van der Waals surface area contributed by atoms with E-state index in [0.29, 0.717) is 24.5 Å². The maximum atomic E-state index is 12.6. The second-order valence-corrected chi connectivity index (χ2v) is 7.21. The Balaban J connectivity index is 1.66. The fourth-order valence-corrected chi connectivity index (χ4v) is 3.81. The van der Waals surface area contributed by atoms with Gasteiger partial charge in [0.1, 0.15) is 5.75 Å². The molecule has 0 bridgehead atoms. The van der Waals surface area contributed by atoms with Crippen LogP contribution in [-0.4, -0.2) is 51.8 Å². The Morgan fingerprint density at radius 1 is 1.00 bits per heavy atom. The first-order valence-electron chi connectivity index (χ1n) is 10.00. The second-order valence-electron chi connectivity index (χ2n) is 7.21. The molecule has 1 amide bonds. The highest BCUT2D eigenvalue weighted by Crippen LogP contribution is 2.28. The van der Waals surface area contributed by atoms with Gasteiger partial charge < -0.3 is 19.5 Å². The number of rotatable bonds is 9. The van der Waals surface area contributed by atoms with E-state index in [-0.39, 0.29) is 11.9 Å². The molecule has 1 unspecified atom stereocenters. The van der Waals surface area contributed by atoms with Gasteiger partial charge in [-0.3, -0.25) is 9.69 Å². The lowest BCUT2D eigenvalue weighted by atomic mass is 10.0. The van der Waals surface area contributed by atoms with E-state index in [4.69, 9.17) is 14.2 Å². The van der Waals surface area contributed by atoms with Crippen LogP contribution >= 0.6 is 0 Å². The van der Waals surface area contributed by atoms with Gasteiger partial charge in [-0.25, -0.2) is 0 Å². The van der Waals surface area contributed by atoms with Crippen LogP contribution in [0.25, 0.3) is 0 Å². The van der Waals surface area contributed by atoms with Crippen LogP contribution in [0.2, 0.25) is 0 Å². The number of carbonyl (C=O) groups excluding carboxylic acids is 1. The van der Waals surface area contributed by atoms with Crippen molar-refractivity contribution in [1.29, 1.82) is 0 Å². The number of nitrogens with zero attached hydrogens (tertiary/aromatic N) is 1. The third-order valence-corrected chi connectivity index (χ3v) is 5.37. The summed E-state index contributed by atoms with van der Waals surface area (Å²) in [7, 11) is 4.87. The van der Waals surface area contributed by atoms with Crippen LogP contribution in [-0.2, 0) is 11.2 Å². The van der Waals surface area contributed by atoms with Crippen LogP contribution in [0.4, 0.5) is 0 Å². The van der Waals surface area contributed by atoms with Crippen molar-refractivity contribution in [2.75, 3.05) is 41.0 Å². The number of likely N-dealkylation sites (tertiary alicyclic amines) is 1. The summed E-state index contributed by atoms with van der Waals surface area (Å²) in [6.07, 6.45) is 2.69. The molecule has 2 aromatic carbocycles. The maximum Gasteiger partial charge on any atom is 0.224 e. The van der Waals surface area contributed by atoms with Crippen LogP contribution in [0, 0.1) is 0 Å². The second kappa shape index (κ2) is 10.2. The van der Waals surface area contributed by atoms with Crippen molar-refractivity contribution in [2.24, 2.45) is 0 Å². The van der Waals surface area contributed by atoms with Gasteiger partial charge in [0.2, 0.25) is 5.91 Å². The normalized spacial score (nSPS) is 15.0. The van der Waals surface area contributed by atoms with E-state index in [1.165, 1.54) is 12.8 Å². The number of carbonyl (C=O) groups is 1. The summed E-state index contributed by atoms with van der Waals surface area (Å²) in [5.74, 6) is 2.11. The van der Waals surface area contributed by atoms with E-state index in [0.717, 1.165) is 30.0 Å². The van der Waals surface area contributed by atoms with Crippen molar-refractivity contribution in [3.05, 3.63) is 53.6 Å². The Labute approximate surface area is 172 Å². The molecular formula is C23H30N2O4. The lowest BCUT2D eigenvalue weighted by molar-refractivity contribution is -0.120. The molecular weight excluding hydrogens is 368 g/mol. The van der Waals surface area contributed by atoms with E-state index < -0.39 is 0 Å². The summed E-state index contributed by atoms with van der Waals surface area (Å²) >= 11 is 0. The Morgan fingerprint density at radius 3 is 2.45 bits per heavy atom. The van der Waals surface area contributed by atoms with Gasteiger partial charge in [-0.1, -0.05) is 18.2 Å². The number of ether oxygens (including phenoxy) is 3. The van der Waals surface area contributed by atoms with Crippen LogP contribution in [0.1, 0.15) is 30.0 Å². The predicted octanol–water partition coefficient (Wildman–Crippen LogP) is 3.21. The molecule has 2 aromatic rings. The molecule has 0 radical (unpaired) electrons. The van der Waals surface area contributed by atoms with Crippen molar-refractivity contribution in [1.82, 2.24) is 10.2 Å². The molecule has 0 aromatic heterocycles. The average Bonchev–Trinajstić information content (AvgIpc) is 3.28. The first-order valence-corrected chi connectivity index (χ1v) is 10.00. The molecule has 1 aliphatic heterocycles. The minimum atomic E-state index is -0.00990. The largest absolute Gasteiger partial charge is 0.497 e. The SMILES string of the molecule is COc1cccc(C(CNC(=O)Cc2ccc(OC)c(OC)c2)N2CCCC2)c1. The third-order valence-electron chi connectivity index (χ3n) is 5.37. The van der Waals surface area contributed by atoms with Gasteiger partial charge in [-0.05, 0) is 61.3 Å². The van der Waals surface area contributed by atoms with E-state index in [9.17, 15) is 4.79 Å². The van der Waals surface area contributed by atoms with Gasteiger partial charge in [0.25, 0.3) is 0 Å².